The van der Waals surface area contributed by atoms with Crippen LogP contribution in [0.15, 0.2) is 34.2 Å². The number of nitrogens with zero attached hydrogens (tertiary/aromatic N) is 2. The third kappa shape index (κ3) is 4.44. The lowest BCUT2D eigenvalue weighted by atomic mass is 10.3. The van der Waals surface area contributed by atoms with E-state index in [1.54, 1.807) is 19.1 Å². The third-order valence-electron chi connectivity index (χ3n) is 3.24. The lowest BCUT2D eigenvalue weighted by molar-refractivity contribution is -0.115. The Balaban J connectivity index is 2.04. The molecule has 0 bridgehead atoms. The summed E-state index contributed by atoms with van der Waals surface area (Å²) < 4.78 is 15.1. The molecule has 0 spiro atoms. The molecule has 1 amide bonds. The Morgan fingerprint density at radius 3 is 2.91 bits per heavy atom. The molecule has 2 rings (SSSR count). The van der Waals surface area contributed by atoms with Crippen LogP contribution in [0.2, 0.25) is 0 Å². The Morgan fingerprint density at radius 1 is 1.48 bits per heavy atom. The molecule has 1 unspecified atom stereocenters. The number of aromatic amines is 1. The zero-order valence-electron chi connectivity index (χ0n) is 13.0. The van der Waals surface area contributed by atoms with Gasteiger partial charge in [-0.3, -0.25) is 9.36 Å². The summed E-state index contributed by atoms with van der Waals surface area (Å²) >= 11 is 1.16. The van der Waals surface area contributed by atoms with Crippen LogP contribution in [0, 0.1) is 5.82 Å². The van der Waals surface area contributed by atoms with Gasteiger partial charge in [-0.15, -0.1) is 5.10 Å². The number of carbonyl (C=O) groups excluding carboxylic acids is 1. The molecule has 0 aliphatic heterocycles. The smallest absolute Gasteiger partial charge is 0.323 e. The molecular weight excluding hydrogens is 319 g/mol. The second kappa shape index (κ2) is 7.96. The van der Waals surface area contributed by atoms with Gasteiger partial charge in [-0.1, -0.05) is 37.2 Å². The number of benzene rings is 1. The van der Waals surface area contributed by atoms with Gasteiger partial charge >= 0.3 is 5.69 Å². The number of rotatable bonds is 7. The summed E-state index contributed by atoms with van der Waals surface area (Å²) in [6.07, 6.45) is 1.80. The molecule has 6 nitrogen and oxygen atoms in total. The number of H-pyrrole nitrogens is 1. The highest BCUT2D eigenvalue weighted by atomic mass is 32.2. The largest absolute Gasteiger partial charge is 0.343 e. The first-order valence-corrected chi connectivity index (χ1v) is 8.28. The summed E-state index contributed by atoms with van der Waals surface area (Å²) in [5.41, 5.74) is -0.155. The fourth-order valence-corrected chi connectivity index (χ4v) is 2.80. The van der Waals surface area contributed by atoms with Crippen LogP contribution in [0.3, 0.4) is 0 Å². The molecule has 1 aromatic heterocycles. The van der Waals surface area contributed by atoms with Gasteiger partial charge in [-0.05, 0) is 25.5 Å². The second-order valence-corrected chi connectivity index (χ2v) is 6.35. The molecule has 2 aromatic rings. The van der Waals surface area contributed by atoms with Gasteiger partial charge in [0.25, 0.3) is 0 Å². The Hall–Kier alpha value is -2.09. The van der Waals surface area contributed by atoms with Crippen LogP contribution in [0.5, 0.6) is 0 Å². The lowest BCUT2D eigenvalue weighted by Crippen LogP contribution is -2.24. The van der Waals surface area contributed by atoms with Gasteiger partial charge in [0.2, 0.25) is 5.91 Å². The van der Waals surface area contributed by atoms with Gasteiger partial charge < -0.3 is 5.32 Å². The zero-order valence-corrected chi connectivity index (χ0v) is 13.8. The molecule has 124 valence electrons. The van der Waals surface area contributed by atoms with Crippen molar-refractivity contribution in [2.75, 3.05) is 5.32 Å². The van der Waals surface area contributed by atoms with E-state index in [0.29, 0.717) is 11.7 Å². The van der Waals surface area contributed by atoms with E-state index in [4.69, 9.17) is 0 Å². The van der Waals surface area contributed by atoms with Crippen LogP contribution in [-0.2, 0) is 11.3 Å². The van der Waals surface area contributed by atoms with E-state index in [1.807, 2.05) is 6.92 Å². The van der Waals surface area contributed by atoms with Crippen molar-refractivity contribution in [3.8, 4) is 0 Å². The molecule has 0 saturated heterocycles. The molecule has 8 heteroatoms. The number of hydrogen-bond acceptors (Lipinski definition) is 4. The molecule has 0 aliphatic carbocycles. The topological polar surface area (TPSA) is 79.8 Å². The van der Waals surface area contributed by atoms with Crippen molar-refractivity contribution in [1.82, 2.24) is 14.8 Å². The van der Waals surface area contributed by atoms with E-state index in [1.165, 1.54) is 16.7 Å². The Kier molecular flexibility index (Phi) is 5.97. The number of halogens is 1. The number of unbranched alkanes of at least 4 members (excludes halogenated alkanes) is 1. The van der Waals surface area contributed by atoms with Crippen molar-refractivity contribution in [2.45, 2.75) is 43.6 Å². The lowest BCUT2D eigenvalue weighted by Gasteiger charge is -2.12. The Labute approximate surface area is 137 Å². The van der Waals surface area contributed by atoms with Crippen LogP contribution >= 0.6 is 11.8 Å². The molecule has 0 aliphatic rings. The molecular formula is C15H19FN4O2S. The highest BCUT2D eigenvalue weighted by Crippen LogP contribution is 2.22. The number of nitrogens with one attached hydrogen (secondary N) is 2. The Morgan fingerprint density at radius 2 is 2.22 bits per heavy atom. The fourth-order valence-electron chi connectivity index (χ4n) is 1.92. The van der Waals surface area contributed by atoms with Crippen molar-refractivity contribution in [2.24, 2.45) is 0 Å². The van der Waals surface area contributed by atoms with E-state index >= 15 is 0 Å². The van der Waals surface area contributed by atoms with E-state index in [2.05, 4.69) is 15.5 Å². The number of aromatic nitrogens is 3. The van der Waals surface area contributed by atoms with Crippen LogP contribution < -0.4 is 11.0 Å². The van der Waals surface area contributed by atoms with Crippen molar-refractivity contribution in [3.63, 3.8) is 0 Å². The SMILES string of the molecule is CCCCn1c(SC(C)C(=O)Nc2ccccc2F)n[nH]c1=O. The van der Waals surface area contributed by atoms with Crippen molar-refractivity contribution >= 4 is 23.4 Å². The maximum absolute atomic E-state index is 13.6. The van der Waals surface area contributed by atoms with Gasteiger partial charge in [-0.2, -0.15) is 0 Å². The molecule has 1 aromatic carbocycles. The zero-order chi connectivity index (χ0) is 16.8. The predicted octanol–water partition coefficient (Wildman–Crippen LogP) is 2.63. The van der Waals surface area contributed by atoms with Gasteiger partial charge in [-0.25, -0.2) is 14.3 Å². The van der Waals surface area contributed by atoms with Crippen molar-refractivity contribution < 1.29 is 9.18 Å². The van der Waals surface area contributed by atoms with Gasteiger partial charge in [0.15, 0.2) is 5.16 Å². The first-order chi connectivity index (χ1) is 11.0. The average Bonchev–Trinajstić information content (AvgIpc) is 2.87. The van der Waals surface area contributed by atoms with Crippen molar-refractivity contribution in [3.05, 3.63) is 40.6 Å². The van der Waals surface area contributed by atoms with Crippen LogP contribution in [0.25, 0.3) is 0 Å². The molecule has 1 atom stereocenters. The number of anilines is 1. The summed E-state index contributed by atoms with van der Waals surface area (Å²) in [6, 6.07) is 5.98. The molecule has 23 heavy (non-hydrogen) atoms. The third-order valence-corrected chi connectivity index (χ3v) is 4.33. The van der Waals surface area contributed by atoms with E-state index < -0.39 is 11.1 Å². The minimum absolute atomic E-state index is 0.135. The average molecular weight is 338 g/mol. The minimum Gasteiger partial charge on any atom is -0.323 e. The highest BCUT2D eigenvalue weighted by Gasteiger charge is 2.19. The molecule has 0 fully saturated rings. The number of para-hydroxylation sites is 1. The first-order valence-electron chi connectivity index (χ1n) is 7.40. The summed E-state index contributed by atoms with van der Waals surface area (Å²) in [4.78, 5) is 23.9. The normalized spacial score (nSPS) is 12.1. The van der Waals surface area contributed by atoms with Crippen LogP contribution in [0.4, 0.5) is 10.1 Å². The molecule has 2 N–H and O–H groups in total. The minimum atomic E-state index is -0.523. The fraction of sp³-hybridized carbons (Fsp3) is 0.400. The first kappa shape index (κ1) is 17.3. The highest BCUT2D eigenvalue weighted by molar-refractivity contribution is 8.00. The quantitative estimate of drug-likeness (QED) is 0.761. The second-order valence-electron chi connectivity index (χ2n) is 5.05. The summed E-state index contributed by atoms with van der Waals surface area (Å²) in [6.45, 7) is 4.27. The maximum atomic E-state index is 13.6. The van der Waals surface area contributed by atoms with Crippen molar-refractivity contribution in [1.29, 1.82) is 0 Å². The van der Waals surface area contributed by atoms with E-state index in [9.17, 15) is 14.0 Å². The van der Waals surface area contributed by atoms with Gasteiger partial charge in [0.05, 0.1) is 10.9 Å². The number of thioether (sulfide) groups is 1. The van der Waals surface area contributed by atoms with Gasteiger partial charge in [0.1, 0.15) is 5.82 Å². The van der Waals surface area contributed by atoms with E-state index in [0.717, 1.165) is 24.6 Å². The standard InChI is InChI=1S/C15H19FN4O2S/c1-3-4-9-20-14(22)18-19-15(20)23-10(2)13(21)17-12-8-6-5-7-11(12)16/h5-8,10H,3-4,9H2,1-2H3,(H,17,21)(H,18,22). The number of carbonyl (C=O) groups is 1. The molecule has 0 saturated carbocycles. The summed E-state index contributed by atoms with van der Waals surface area (Å²) in [5.74, 6) is -0.838. The predicted molar refractivity (Wildman–Crippen MR) is 88.1 cm³/mol. The van der Waals surface area contributed by atoms with E-state index in [-0.39, 0.29) is 17.3 Å². The molecule has 0 radical (unpaired) electrons. The summed E-state index contributed by atoms with van der Waals surface area (Å²) in [7, 11) is 0. The molecule has 1 heterocycles. The number of hydrogen-bond donors (Lipinski definition) is 2. The number of amides is 1. The van der Waals surface area contributed by atoms with Crippen LogP contribution in [0.1, 0.15) is 26.7 Å². The Bertz CT molecular complexity index is 728. The monoisotopic (exact) mass is 338 g/mol. The summed E-state index contributed by atoms with van der Waals surface area (Å²) in [5, 5.41) is 8.82. The van der Waals surface area contributed by atoms with Gasteiger partial charge in [0, 0.05) is 6.54 Å². The van der Waals surface area contributed by atoms with Crippen LogP contribution in [-0.4, -0.2) is 25.9 Å². The maximum Gasteiger partial charge on any atom is 0.343 e.